The first-order valence-electron chi connectivity index (χ1n) is 7.55. The number of fused-ring (bicyclic) bond motifs is 1. The molecule has 0 aliphatic rings. The number of nitrogens with zero attached hydrogens (tertiary/aromatic N) is 1. The molecule has 0 saturated heterocycles. The molecule has 4 aromatic rings. The van der Waals surface area contributed by atoms with Crippen LogP contribution in [0.5, 0.6) is 5.75 Å². The molecule has 0 radical (unpaired) electrons. The van der Waals surface area contributed by atoms with E-state index in [2.05, 4.69) is 47.4 Å². The number of hydrogen-bond acceptors (Lipinski definition) is 2. The normalized spacial score (nSPS) is 10.8. The molecule has 4 rings (SSSR count). The molecular weight excluding hydrogens is 282 g/mol. The van der Waals surface area contributed by atoms with Crippen LogP contribution in [0.4, 0.5) is 0 Å². The van der Waals surface area contributed by atoms with Crippen LogP contribution in [0.2, 0.25) is 0 Å². The third-order valence-corrected chi connectivity index (χ3v) is 4.01. The van der Waals surface area contributed by atoms with E-state index in [1.165, 1.54) is 17.3 Å². The maximum absolute atomic E-state index is 9.73. The van der Waals surface area contributed by atoms with Gasteiger partial charge in [0.25, 0.3) is 0 Å². The number of hydrogen-bond donors (Lipinski definition) is 1. The van der Waals surface area contributed by atoms with Crippen LogP contribution in [0.25, 0.3) is 33.2 Å². The predicted molar refractivity (Wildman–Crippen MR) is 94.3 cm³/mol. The summed E-state index contributed by atoms with van der Waals surface area (Å²) >= 11 is 0. The van der Waals surface area contributed by atoms with E-state index >= 15 is 0 Å². The third-order valence-electron chi connectivity index (χ3n) is 4.01. The number of aromatic nitrogens is 1. The largest absolute Gasteiger partial charge is 0.506 e. The molecular formula is C21H15NO. The molecule has 1 aromatic heterocycles. The molecule has 2 heteroatoms. The SMILES string of the molecule is Oc1cnc2cccc(-c3ccc(-c4ccccc4)cc3)c2c1. The summed E-state index contributed by atoms with van der Waals surface area (Å²) in [5.74, 6) is 0.186. The van der Waals surface area contributed by atoms with Crippen LogP contribution in [-0.4, -0.2) is 10.1 Å². The first-order chi connectivity index (χ1) is 11.3. The van der Waals surface area contributed by atoms with Gasteiger partial charge in [-0.15, -0.1) is 0 Å². The minimum absolute atomic E-state index is 0.186. The molecule has 110 valence electrons. The topological polar surface area (TPSA) is 33.1 Å². The molecule has 2 nitrogen and oxygen atoms in total. The molecule has 0 bridgehead atoms. The summed E-state index contributed by atoms with van der Waals surface area (Å²) in [7, 11) is 0. The van der Waals surface area contributed by atoms with E-state index in [1.807, 2.05) is 30.3 Å². The second-order valence-electron chi connectivity index (χ2n) is 5.51. The van der Waals surface area contributed by atoms with Gasteiger partial charge in [0.05, 0.1) is 11.7 Å². The van der Waals surface area contributed by atoms with Gasteiger partial charge in [-0.2, -0.15) is 0 Å². The Hall–Kier alpha value is -3.13. The standard InChI is InChI=1S/C21H15NO/c23-18-13-20-19(7-4-8-21(20)22-14-18)17-11-9-16(10-12-17)15-5-2-1-3-6-15/h1-14,23H. The Bertz CT molecular complexity index is 960. The highest BCUT2D eigenvalue weighted by Gasteiger charge is 2.06. The van der Waals surface area contributed by atoms with Crippen molar-refractivity contribution in [2.24, 2.45) is 0 Å². The zero-order valence-corrected chi connectivity index (χ0v) is 12.5. The average molecular weight is 297 g/mol. The molecule has 1 N–H and O–H groups in total. The lowest BCUT2D eigenvalue weighted by Gasteiger charge is -2.08. The summed E-state index contributed by atoms with van der Waals surface area (Å²) < 4.78 is 0. The van der Waals surface area contributed by atoms with Crippen molar-refractivity contribution in [2.45, 2.75) is 0 Å². The predicted octanol–water partition coefficient (Wildman–Crippen LogP) is 5.27. The van der Waals surface area contributed by atoms with Crippen molar-refractivity contribution >= 4 is 10.9 Å². The molecule has 0 atom stereocenters. The minimum atomic E-state index is 0.186. The number of rotatable bonds is 2. The average Bonchev–Trinajstić information content (AvgIpc) is 2.62. The monoisotopic (exact) mass is 297 g/mol. The first-order valence-corrected chi connectivity index (χ1v) is 7.55. The zero-order valence-electron chi connectivity index (χ0n) is 12.5. The highest BCUT2D eigenvalue weighted by Crippen LogP contribution is 2.31. The summed E-state index contributed by atoms with van der Waals surface area (Å²) in [5, 5.41) is 10.7. The highest BCUT2D eigenvalue weighted by atomic mass is 16.3. The van der Waals surface area contributed by atoms with Gasteiger partial charge in [-0.05, 0) is 34.4 Å². The molecule has 0 unspecified atom stereocenters. The summed E-state index contributed by atoms with van der Waals surface area (Å²) in [4.78, 5) is 4.28. The lowest BCUT2D eigenvalue weighted by Crippen LogP contribution is -1.84. The number of benzene rings is 3. The van der Waals surface area contributed by atoms with E-state index in [-0.39, 0.29) is 5.75 Å². The van der Waals surface area contributed by atoms with Crippen molar-refractivity contribution in [2.75, 3.05) is 0 Å². The van der Waals surface area contributed by atoms with Gasteiger partial charge in [0.1, 0.15) is 5.75 Å². The Morgan fingerprint density at radius 3 is 2.13 bits per heavy atom. The van der Waals surface area contributed by atoms with Gasteiger partial charge in [-0.25, -0.2) is 0 Å². The zero-order chi connectivity index (χ0) is 15.6. The highest BCUT2D eigenvalue weighted by molar-refractivity contribution is 5.95. The van der Waals surface area contributed by atoms with Crippen LogP contribution in [0.3, 0.4) is 0 Å². The second-order valence-corrected chi connectivity index (χ2v) is 5.51. The molecule has 0 fully saturated rings. The first kappa shape index (κ1) is 13.5. The van der Waals surface area contributed by atoms with Crippen molar-refractivity contribution in [3.63, 3.8) is 0 Å². The van der Waals surface area contributed by atoms with E-state index in [4.69, 9.17) is 0 Å². The van der Waals surface area contributed by atoms with Crippen molar-refractivity contribution in [1.82, 2.24) is 4.98 Å². The fourth-order valence-corrected chi connectivity index (χ4v) is 2.86. The van der Waals surface area contributed by atoms with Crippen LogP contribution in [0.15, 0.2) is 85.1 Å². The smallest absolute Gasteiger partial charge is 0.134 e. The van der Waals surface area contributed by atoms with Gasteiger partial charge in [-0.1, -0.05) is 66.7 Å². The molecule has 0 saturated carbocycles. The van der Waals surface area contributed by atoms with E-state index < -0.39 is 0 Å². The quantitative estimate of drug-likeness (QED) is 0.546. The maximum atomic E-state index is 9.73. The molecule has 23 heavy (non-hydrogen) atoms. The van der Waals surface area contributed by atoms with Gasteiger partial charge < -0.3 is 5.11 Å². The van der Waals surface area contributed by atoms with Crippen molar-refractivity contribution in [1.29, 1.82) is 0 Å². The second kappa shape index (κ2) is 5.58. The van der Waals surface area contributed by atoms with Crippen LogP contribution < -0.4 is 0 Å². The summed E-state index contributed by atoms with van der Waals surface area (Å²) in [6.07, 6.45) is 1.48. The van der Waals surface area contributed by atoms with E-state index in [1.54, 1.807) is 6.07 Å². The molecule has 0 amide bonds. The lowest BCUT2D eigenvalue weighted by molar-refractivity contribution is 0.474. The van der Waals surface area contributed by atoms with Crippen molar-refractivity contribution in [3.8, 4) is 28.0 Å². The fraction of sp³-hybridized carbons (Fsp3) is 0. The number of aromatic hydroxyl groups is 1. The van der Waals surface area contributed by atoms with Crippen LogP contribution in [0.1, 0.15) is 0 Å². The Morgan fingerprint density at radius 2 is 1.35 bits per heavy atom. The van der Waals surface area contributed by atoms with E-state index in [0.717, 1.165) is 22.0 Å². The summed E-state index contributed by atoms with van der Waals surface area (Å²) in [6.45, 7) is 0. The Morgan fingerprint density at radius 1 is 0.652 bits per heavy atom. The molecule has 0 spiro atoms. The fourth-order valence-electron chi connectivity index (χ4n) is 2.86. The van der Waals surface area contributed by atoms with Gasteiger partial charge >= 0.3 is 0 Å². The molecule has 3 aromatic carbocycles. The van der Waals surface area contributed by atoms with Crippen LogP contribution >= 0.6 is 0 Å². The maximum Gasteiger partial charge on any atom is 0.134 e. The Kier molecular flexibility index (Phi) is 3.28. The third kappa shape index (κ3) is 2.55. The van der Waals surface area contributed by atoms with E-state index in [0.29, 0.717) is 0 Å². The van der Waals surface area contributed by atoms with Gasteiger partial charge in [-0.3, -0.25) is 4.98 Å². The van der Waals surface area contributed by atoms with Crippen molar-refractivity contribution in [3.05, 3.63) is 85.1 Å². The molecule has 0 aliphatic carbocycles. The van der Waals surface area contributed by atoms with Crippen molar-refractivity contribution < 1.29 is 5.11 Å². The van der Waals surface area contributed by atoms with E-state index in [9.17, 15) is 5.11 Å². The molecule has 1 heterocycles. The summed E-state index contributed by atoms with van der Waals surface area (Å²) in [6, 6.07) is 26.6. The van der Waals surface area contributed by atoms with Crippen LogP contribution in [0, 0.1) is 0 Å². The minimum Gasteiger partial charge on any atom is -0.506 e. The Balaban J connectivity index is 1.81. The van der Waals surface area contributed by atoms with Gasteiger partial charge in [0.15, 0.2) is 0 Å². The van der Waals surface area contributed by atoms with Crippen LogP contribution in [-0.2, 0) is 0 Å². The Labute approximate surface area is 134 Å². The van der Waals surface area contributed by atoms with Gasteiger partial charge in [0.2, 0.25) is 0 Å². The lowest BCUT2D eigenvalue weighted by atomic mass is 9.97. The molecule has 0 aliphatic heterocycles. The summed E-state index contributed by atoms with van der Waals surface area (Å²) in [5.41, 5.74) is 5.47. The van der Waals surface area contributed by atoms with Gasteiger partial charge in [0, 0.05) is 5.39 Å². The number of pyridine rings is 1.